The van der Waals surface area contributed by atoms with E-state index in [1.165, 1.54) is 31.3 Å². The highest BCUT2D eigenvalue weighted by atomic mass is 35.5. The lowest BCUT2D eigenvalue weighted by molar-refractivity contribution is -0.130. The van der Waals surface area contributed by atoms with Crippen LogP contribution in [0.1, 0.15) is 23.2 Å². The molecule has 126 valence electrons. The number of carbonyl (C=O) groups excluding carboxylic acids is 2. The summed E-state index contributed by atoms with van der Waals surface area (Å²) >= 11 is 5.80. The van der Waals surface area contributed by atoms with Gasteiger partial charge in [0.05, 0.1) is 24.3 Å². The first-order chi connectivity index (χ1) is 10.9. The van der Waals surface area contributed by atoms with Gasteiger partial charge in [-0.25, -0.2) is 4.39 Å². The van der Waals surface area contributed by atoms with Gasteiger partial charge < -0.3 is 20.1 Å². The fourth-order valence-electron chi connectivity index (χ4n) is 2.87. The van der Waals surface area contributed by atoms with Gasteiger partial charge in [0.15, 0.2) is 5.82 Å². The Morgan fingerprint density at radius 3 is 2.70 bits per heavy atom. The summed E-state index contributed by atoms with van der Waals surface area (Å²) < 4.78 is 24.4. The van der Waals surface area contributed by atoms with Crippen LogP contribution in [0, 0.1) is 5.82 Å². The van der Waals surface area contributed by atoms with Gasteiger partial charge in [-0.15, -0.1) is 0 Å². The Kier molecular flexibility index (Phi) is 5.11. The van der Waals surface area contributed by atoms with Crippen molar-refractivity contribution in [2.45, 2.75) is 18.4 Å². The standard InChI is InChI=1S/C15H18ClFN2O4/c1-22-8-15(14(18)21)4-3-5-19(15)13(20)10-6-9(23-2)7-11(16)12(10)17/h6-7H,3-5,8H2,1-2H3,(H2,18,21). The molecule has 1 aliphatic rings. The molecule has 1 atom stereocenters. The van der Waals surface area contributed by atoms with Crippen LogP contribution in [-0.2, 0) is 9.53 Å². The quantitative estimate of drug-likeness (QED) is 0.879. The van der Waals surface area contributed by atoms with Gasteiger partial charge in [0.1, 0.15) is 11.3 Å². The lowest BCUT2D eigenvalue weighted by atomic mass is 9.95. The van der Waals surface area contributed by atoms with Crippen molar-refractivity contribution in [2.75, 3.05) is 27.4 Å². The van der Waals surface area contributed by atoms with E-state index in [9.17, 15) is 14.0 Å². The average Bonchev–Trinajstić information content (AvgIpc) is 2.94. The van der Waals surface area contributed by atoms with Crippen molar-refractivity contribution in [3.8, 4) is 5.75 Å². The molecule has 2 N–H and O–H groups in total. The molecule has 0 aliphatic carbocycles. The Balaban J connectivity index is 2.47. The molecule has 1 aromatic rings. The van der Waals surface area contributed by atoms with Gasteiger partial charge in [0, 0.05) is 19.7 Å². The first-order valence-corrected chi connectivity index (χ1v) is 7.39. The Labute approximate surface area is 138 Å². The van der Waals surface area contributed by atoms with Crippen LogP contribution in [0.4, 0.5) is 4.39 Å². The summed E-state index contributed by atoms with van der Waals surface area (Å²) in [6, 6.07) is 2.52. The number of ether oxygens (including phenoxy) is 2. The molecule has 0 bridgehead atoms. The minimum Gasteiger partial charge on any atom is -0.497 e. The highest BCUT2D eigenvalue weighted by Gasteiger charge is 2.49. The monoisotopic (exact) mass is 344 g/mol. The summed E-state index contributed by atoms with van der Waals surface area (Å²) in [6.45, 7) is 0.229. The molecular weight excluding hydrogens is 327 g/mol. The first-order valence-electron chi connectivity index (χ1n) is 7.01. The molecule has 2 amide bonds. The lowest BCUT2D eigenvalue weighted by Gasteiger charge is -2.35. The Hall–Kier alpha value is -1.86. The van der Waals surface area contributed by atoms with Crippen LogP contribution in [0.15, 0.2) is 12.1 Å². The second kappa shape index (κ2) is 6.72. The SMILES string of the molecule is COCC1(C(N)=O)CCCN1C(=O)c1cc(OC)cc(Cl)c1F. The van der Waals surface area contributed by atoms with Gasteiger partial charge >= 0.3 is 0 Å². The Bertz CT molecular complexity index is 640. The van der Waals surface area contributed by atoms with Crippen molar-refractivity contribution in [1.82, 2.24) is 4.90 Å². The van der Waals surface area contributed by atoms with Crippen LogP contribution >= 0.6 is 11.6 Å². The maximum absolute atomic E-state index is 14.3. The molecule has 1 heterocycles. The van der Waals surface area contributed by atoms with Gasteiger partial charge in [-0.3, -0.25) is 9.59 Å². The van der Waals surface area contributed by atoms with Gasteiger partial charge in [0.2, 0.25) is 5.91 Å². The van der Waals surface area contributed by atoms with E-state index in [0.717, 1.165) is 0 Å². The Morgan fingerprint density at radius 1 is 1.43 bits per heavy atom. The predicted octanol–water partition coefficient (Wildman–Crippen LogP) is 1.59. The summed E-state index contributed by atoms with van der Waals surface area (Å²) in [4.78, 5) is 26.0. The number of halogens is 2. The molecular formula is C15H18ClFN2O4. The molecule has 0 radical (unpaired) electrons. The zero-order valence-corrected chi connectivity index (χ0v) is 13.7. The van der Waals surface area contributed by atoms with E-state index >= 15 is 0 Å². The zero-order chi connectivity index (χ0) is 17.2. The highest BCUT2D eigenvalue weighted by Crippen LogP contribution is 2.33. The minimum atomic E-state index is -1.28. The summed E-state index contributed by atoms with van der Waals surface area (Å²) in [7, 11) is 2.79. The molecule has 6 nitrogen and oxygen atoms in total. The first kappa shape index (κ1) is 17.5. The molecule has 0 aromatic heterocycles. The van der Waals surface area contributed by atoms with Crippen molar-refractivity contribution in [1.29, 1.82) is 0 Å². The number of primary amides is 1. The van der Waals surface area contributed by atoms with E-state index in [1.54, 1.807) is 0 Å². The van der Waals surface area contributed by atoms with Crippen molar-refractivity contribution < 1.29 is 23.5 Å². The number of methoxy groups -OCH3 is 2. The van der Waals surface area contributed by atoms with E-state index in [-0.39, 0.29) is 29.5 Å². The molecule has 1 fully saturated rings. The number of benzene rings is 1. The normalized spacial score (nSPS) is 20.6. The van der Waals surface area contributed by atoms with Gasteiger partial charge in [-0.2, -0.15) is 0 Å². The smallest absolute Gasteiger partial charge is 0.257 e. The number of carbonyl (C=O) groups is 2. The van der Waals surface area contributed by atoms with Crippen LogP contribution in [0.5, 0.6) is 5.75 Å². The Morgan fingerprint density at radius 2 is 2.13 bits per heavy atom. The summed E-state index contributed by atoms with van der Waals surface area (Å²) in [5, 5.41) is -0.233. The predicted molar refractivity (Wildman–Crippen MR) is 82.0 cm³/mol. The molecule has 1 unspecified atom stereocenters. The maximum atomic E-state index is 14.3. The molecule has 0 saturated carbocycles. The highest BCUT2D eigenvalue weighted by molar-refractivity contribution is 6.31. The van der Waals surface area contributed by atoms with Crippen LogP contribution in [0.2, 0.25) is 5.02 Å². The number of amides is 2. The fraction of sp³-hybridized carbons (Fsp3) is 0.467. The molecule has 2 rings (SSSR count). The molecule has 23 heavy (non-hydrogen) atoms. The van der Waals surface area contributed by atoms with Crippen LogP contribution in [0.25, 0.3) is 0 Å². The number of hydrogen-bond acceptors (Lipinski definition) is 4. The van der Waals surface area contributed by atoms with E-state index in [0.29, 0.717) is 12.8 Å². The summed E-state index contributed by atoms with van der Waals surface area (Å²) in [5.41, 5.74) is 3.94. The van der Waals surface area contributed by atoms with Crippen molar-refractivity contribution in [3.05, 3.63) is 28.5 Å². The minimum absolute atomic E-state index is 0.0482. The number of nitrogens with two attached hydrogens (primary N) is 1. The third-order valence-electron chi connectivity index (χ3n) is 4.04. The van der Waals surface area contributed by atoms with Gasteiger partial charge in [0.25, 0.3) is 5.91 Å². The molecule has 1 saturated heterocycles. The zero-order valence-electron chi connectivity index (χ0n) is 12.9. The van der Waals surface area contributed by atoms with E-state index in [1.807, 2.05) is 0 Å². The second-order valence-electron chi connectivity index (χ2n) is 5.36. The maximum Gasteiger partial charge on any atom is 0.257 e. The number of hydrogen-bond donors (Lipinski definition) is 1. The number of likely N-dealkylation sites (tertiary alicyclic amines) is 1. The third kappa shape index (κ3) is 2.98. The third-order valence-corrected chi connectivity index (χ3v) is 4.32. The summed E-state index contributed by atoms with van der Waals surface area (Å²) in [6.07, 6.45) is 0.929. The molecule has 0 spiro atoms. The van der Waals surface area contributed by atoms with Crippen LogP contribution in [0.3, 0.4) is 0 Å². The molecule has 1 aromatic carbocycles. The largest absolute Gasteiger partial charge is 0.497 e. The molecule has 8 heteroatoms. The van der Waals surface area contributed by atoms with E-state index in [2.05, 4.69) is 0 Å². The summed E-state index contributed by atoms with van der Waals surface area (Å²) in [5.74, 6) is -1.97. The second-order valence-corrected chi connectivity index (χ2v) is 5.77. The van der Waals surface area contributed by atoms with Crippen LogP contribution in [-0.4, -0.2) is 49.6 Å². The average molecular weight is 345 g/mol. The van der Waals surface area contributed by atoms with Gasteiger partial charge in [-0.1, -0.05) is 11.6 Å². The lowest BCUT2D eigenvalue weighted by Crippen LogP contribution is -2.58. The number of rotatable bonds is 5. The van der Waals surface area contributed by atoms with Crippen molar-refractivity contribution in [2.24, 2.45) is 5.73 Å². The van der Waals surface area contributed by atoms with Gasteiger partial charge in [-0.05, 0) is 18.9 Å². The van der Waals surface area contributed by atoms with E-state index in [4.69, 9.17) is 26.8 Å². The fourth-order valence-corrected chi connectivity index (χ4v) is 3.08. The van der Waals surface area contributed by atoms with Crippen molar-refractivity contribution >= 4 is 23.4 Å². The van der Waals surface area contributed by atoms with E-state index < -0.39 is 23.2 Å². The molecule has 1 aliphatic heterocycles. The topological polar surface area (TPSA) is 81.9 Å². The number of nitrogens with zero attached hydrogens (tertiary/aromatic N) is 1. The van der Waals surface area contributed by atoms with Crippen molar-refractivity contribution in [3.63, 3.8) is 0 Å². The van der Waals surface area contributed by atoms with Crippen LogP contribution < -0.4 is 10.5 Å².